The van der Waals surface area contributed by atoms with Crippen LogP contribution in [0.4, 0.5) is 0 Å². The highest BCUT2D eigenvalue weighted by atomic mass is 16.5. The van der Waals surface area contributed by atoms with Crippen LogP contribution in [0.5, 0.6) is 5.75 Å². The minimum atomic E-state index is -0.384. The number of esters is 1. The predicted octanol–water partition coefficient (Wildman–Crippen LogP) is 5.95. The third-order valence-corrected chi connectivity index (χ3v) is 5.19. The van der Waals surface area contributed by atoms with Crippen molar-refractivity contribution in [1.29, 1.82) is 0 Å². The van der Waals surface area contributed by atoms with Crippen LogP contribution >= 0.6 is 0 Å². The summed E-state index contributed by atoms with van der Waals surface area (Å²) in [5, 5.41) is 0. The zero-order valence-electron chi connectivity index (χ0n) is 15.9. The van der Waals surface area contributed by atoms with Crippen LogP contribution < -0.4 is 4.74 Å². The van der Waals surface area contributed by atoms with Gasteiger partial charge in [-0.25, -0.2) is 4.79 Å². The molecule has 0 fully saturated rings. The molecule has 0 spiro atoms. The van der Waals surface area contributed by atoms with Crippen LogP contribution in [0.3, 0.4) is 0 Å². The maximum absolute atomic E-state index is 12.0. The fourth-order valence-electron chi connectivity index (χ4n) is 4.01. The van der Waals surface area contributed by atoms with Crippen LogP contribution in [0.25, 0.3) is 11.1 Å². The van der Waals surface area contributed by atoms with Crippen molar-refractivity contribution >= 4 is 5.97 Å². The van der Waals surface area contributed by atoms with E-state index in [1.165, 1.54) is 27.8 Å². The largest absolute Gasteiger partial charge is 0.423 e. The summed E-state index contributed by atoms with van der Waals surface area (Å²) in [4.78, 5) is 12.0. The zero-order valence-corrected chi connectivity index (χ0v) is 15.9. The second-order valence-corrected chi connectivity index (χ2v) is 7.26. The van der Waals surface area contributed by atoms with E-state index in [1.807, 2.05) is 13.8 Å². The first-order chi connectivity index (χ1) is 13.0. The number of carbonyl (C=O) groups excluding carboxylic acids is 1. The Kier molecular flexibility index (Phi) is 4.19. The number of benzene rings is 3. The maximum atomic E-state index is 12.0. The van der Waals surface area contributed by atoms with E-state index in [0.29, 0.717) is 11.3 Å². The SMILES string of the molecule is C=C(C)C(=O)Oc1c(C)cc(C2c3ccccc3-c3ccccc32)cc1C. The summed E-state index contributed by atoms with van der Waals surface area (Å²) in [6, 6.07) is 21.5. The van der Waals surface area contributed by atoms with Crippen LogP contribution in [-0.4, -0.2) is 5.97 Å². The lowest BCUT2D eigenvalue weighted by molar-refractivity contribution is -0.130. The summed E-state index contributed by atoms with van der Waals surface area (Å²) in [5.41, 5.74) is 8.78. The molecule has 0 radical (unpaired) electrons. The fourth-order valence-corrected chi connectivity index (χ4v) is 4.01. The van der Waals surface area contributed by atoms with Crippen LogP contribution in [0.2, 0.25) is 0 Å². The molecule has 134 valence electrons. The molecule has 2 nitrogen and oxygen atoms in total. The Morgan fingerprint density at radius 1 is 0.889 bits per heavy atom. The molecule has 0 saturated heterocycles. The number of carbonyl (C=O) groups is 1. The molecule has 0 amide bonds. The molecule has 0 aliphatic heterocycles. The number of rotatable bonds is 3. The number of ether oxygens (including phenoxy) is 1. The Morgan fingerprint density at radius 3 is 1.85 bits per heavy atom. The van der Waals surface area contributed by atoms with Gasteiger partial charge >= 0.3 is 5.97 Å². The number of fused-ring (bicyclic) bond motifs is 3. The van der Waals surface area contributed by atoms with Gasteiger partial charge in [0.2, 0.25) is 0 Å². The summed E-state index contributed by atoms with van der Waals surface area (Å²) in [6.07, 6.45) is 0. The average molecular weight is 354 g/mol. The summed E-state index contributed by atoms with van der Waals surface area (Å²) in [7, 11) is 0. The van der Waals surface area contributed by atoms with E-state index in [1.54, 1.807) is 6.92 Å². The second kappa shape index (κ2) is 6.55. The van der Waals surface area contributed by atoms with Gasteiger partial charge in [0, 0.05) is 11.5 Å². The molecule has 0 N–H and O–H groups in total. The van der Waals surface area contributed by atoms with Gasteiger partial charge in [0.1, 0.15) is 5.75 Å². The minimum Gasteiger partial charge on any atom is -0.423 e. The first-order valence-electron chi connectivity index (χ1n) is 9.14. The molecule has 1 aliphatic rings. The van der Waals surface area contributed by atoms with Gasteiger partial charge in [-0.1, -0.05) is 67.2 Å². The third-order valence-electron chi connectivity index (χ3n) is 5.19. The normalized spacial score (nSPS) is 12.4. The van der Waals surface area contributed by atoms with Crippen molar-refractivity contribution in [2.45, 2.75) is 26.7 Å². The van der Waals surface area contributed by atoms with Crippen LogP contribution in [0, 0.1) is 13.8 Å². The fraction of sp³-hybridized carbons (Fsp3) is 0.160. The lowest BCUT2D eigenvalue weighted by atomic mass is 9.87. The molecule has 0 unspecified atom stereocenters. The first kappa shape index (κ1) is 17.3. The quantitative estimate of drug-likeness (QED) is 0.258. The predicted molar refractivity (Wildman–Crippen MR) is 109 cm³/mol. The van der Waals surface area contributed by atoms with E-state index in [4.69, 9.17) is 4.74 Å². The van der Waals surface area contributed by atoms with Gasteiger partial charge in [-0.05, 0) is 59.7 Å². The van der Waals surface area contributed by atoms with E-state index in [9.17, 15) is 4.79 Å². The van der Waals surface area contributed by atoms with E-state index < -0.39 is 0 Å². The van der Waals surface area contributed by atoms with Gasteiger partial charge in [-0.2, -0.15) is 0 Å². The Labute approximate surface area is 160 Å². The summed E-state index contributed by atoms with van der Waals surface area (Å²) >= 11 is 0. The van der Waals surface area contributed by atoms with Crippen LogP contribution in [-0.2, 0) is 4.79 Å². The number of hydrogen-bond acceptors (Lipinski definition) is 2. The molecule has 1 aliphatic carbocycles. The molecule has 0 saturated carbocycles. The number of aryl methyl sites for hydroxylation is 2. The van der Waals surface area contributed by atoms with E-state index in [-0.39, 0.29) is 11.9 Å². The van der Waals surface area contributed by atoms with Crippen molar-refractivity contribution in [2.75, 3.05) is 0 Å². The first-order valence-corrected chi connectivity index (χ1v) is 9.14. The second-order valence-electron chi connectivity index (χ2n) is 7.26. The number of hydrogen-bond donors (Lipinski definition) is 0. The summed E-state index contributed by atoms with van der Waals surface area (Å²) in [5.74, 6) is 0.442. The van der Waals surface area contributed by atoms with Crippen LogP contribution in [0.15, 0.2) is 72.8 Å². The minimum absolute atomic E-state index is 0.195. The third kappa shape index (κ3) is 2.87. The lowest BCUT2D eigenvalue weighted by Crippen LogP contribution is -2.11. The highest BCUT2D eigenvalue weighted by Crippen LogP contribution is 2.48. The average Bonchev–Trinajstić information content (AvgIpc) is 2.99. The standard InChI is InChI=1S/C25H22O2/c1-15(2)25(26)27-24-16(3)13-18(14-17(24)4)23-21-11-7-5-9-19(21)20-10-6-8-12-22(20)23/h5-14,23H,1H2,2-4H3. The summed E-state index contributed by atoms with van der Waals surface area (Å²) < 4.78 is 5.56. The van der Waals surface area contributed by atoms with Gasteiger partial charge < -0.3 is 4.74 Å². The van der Waals surface area contributed by atoms with Gasteiger partial charge in [-0.3, -0.25) is 0 Å². The van der Waals surface area contributed by atoms with Gasteiger partial charge in [-0.15, -0.1) is 0 Å². The lowest BCUT2D eigenvalue weighted by Gasteiger charge is -2.18. The molecule has 0 bridgehead atoms. The van der Waals surface area contributed by atoms with Crippen molar-refractivity contribution in [2.24, 2.45) is 0 Å². The Bertz CT molecular complexity index is 1010. The van der Waals surface area contributed by atoms with Gasteiger partial charge in [0.25, 0.3) is 0 Å². The van der Waals surface area contributed by atoms with Gasteiger partial charge in [0.05, 0.1) is 0 Å². The van der Waals surface area contributed by atoms with Crippen molar-refractivity contribution in [3.63, 3.8) is 0 Å². The molecule has 3 aromatic carbocycles. The highest BCUT2D eigenvalue weighted by molar-refractivity contribution is 5.89. The molecule has 0 heterocycles. The van der Waals surface area contributed by atoms with E-state index >= 15 is 0 Å². The van der Waals surface area contributed by atoms with Crippen molar-refractivity contribution < 1.29 is 9.53 Å². The maximum Gasteiger partial charge on any atom is 0.338 e. The molecular formula is C25H22O2. The molecule has 27 heavy (non-hydrogen) atoms. The topological polar surface area (TPSA) is 26.3 Å². The molecule has 2 heteroatoms. The Balaban J connectivity index is 1.83. The molecule has 3 aromatic rings. The Morgan fingerprint density at radius 2 is 1.37 bits per heavy atom. The summed E-state index contributed by atoms with van der Waals surface area (Å²) in [6.45, 7) is 9.31. The highest BCUT2D eigenvalue weighted by Gasteiger charge is 2.30. The van der Waals surface area contributed by atoms with Crippen molar-refractivity contribution in [3.05, 3.63) is 101 Å². The van der Waals surface area contributed by atoms with E-state index in [2.05, 4.69) is 67.2 Å². The van der Waals surface area contributed by atoms with Crippen molar-refractivity contribution in [1.82, 2.24) is 0 Å². The molecule has 0 atom stereocenters. The molecule has 0 aromatic heterocycles. The van der Waals surface area contributed by atoms with Crippen molar-refractivity contribution in [3.8, 4) is 16.9 Å². The van der Waals surface area contributed by atoms with Crippen LogP contribution in [0.1, 0.15) is 40.7 Å². The molecular weight excluding hydrogens is 332 g/mol. The monoisotopic (exact) mass is 354 g/mol. The van der Waals surface area contributed by atoms with Gasteiger partial charge in [0.15, 0.2) is 0 Å². The zero-order chi connectivity index (χ0) is 19.1. The van der Waals surface area contributed by atoms with E-state index in [0.717, 1.165) is 11.1 Å². The Hall–Kier alpha value is -3.13. The smallest absolute Gasteiger partial charge is 0.338 e. The molecule has 4 rings (SSSR count).